The lowest BCUT2D eigenvalue weighted by Crippen LogP contribution is -2.42. The highest BCUT2D eigenvalue weighted by molar-refractivity contribution is 7.99. The van der Waals surface area contributed by atoms with Crippen LogP contribution in [0.1, 0.15) is 20.8 Å². The minimum Gasteiger partial charge on any atom is -0.395 e. The van der Waals surface area contributed by atoms with Crippen LogP contribution >= 0.6 is 11.8 Å². The highest BCUT2D eigenvalue weighted by Crippen LogP contribution is 2.09. The molecule has 0 saturated carbocycles. The number of ether oxygens (including phenoxy) is 2. The van der Waals surface area contributed by atoms with Gasteiger partial charge < -0.3 is 25.0 Å². The van der Waals surface area contributed by atoms with Crippen LogP contribution < -0.4 is 5.32 Å². The molecule has 0 rings (SSSR count). The maximum atomic E-state index is 9.74. The van der Waals surface area contributed by atoms with Gasteiger partial charge in [0, 0.05) is 17.8 Å². The summed E-state index contributed by atoms with van der Waals surface area (Å²) in [5.74, 6) is 0. The standard InChI is InChI=1S/C13H29NO4S/c1-10(2)18-6-5-17-9-12(16)7-14-11(3)13(8-15)19-4/h10-16H,5-9H2,1-4H3. The van der Waals surface area contributed by atoms with E-state index in [1.165, 1.54) is 0 Å². The molecule has 116 valence electrons. The molecule has 0 aliphatic carbocycles. The van der Waals surface area contributed by atoms with E-state index in [0.717, 1.165) is 0 Å². The van der Waals surface area contributed by atoms with Crippen LogP contribution in [0.2, 0.25) is 0 Å². The fourth-order valence-electron chi connectivity index (χ4n) is 1.51. The zero-order chi connectivity index (χ0) is 14.7. The average molecular weight is 295 g/mol. The van der Waals surface area contributed by atoms with Crippen LogP contribution in [0.4, 0.5) is 0 Å². The van der Waals surface area contributed by atoms with E-state index >= 15 is 0 Å². The van der Waals surface area contributed by atoms with Gasteiger partial charge in [0.2, 0.25) is 0 Å². The van der Waals surface area contributed by atoms with Crippen molar-refractivity contribution in [2.24, 2.45) is 0 Å². The van der Waals surface area contributed by atoms with Crippen molar-refractivity contribution in [1.29, 1.82) is 0 Å². The maximum absolute atomic E-state index is 9.74. The van der Waals surface area contributed by atoms with Gasteiger partial charge in [-0.25, -0.2) is 0 Å². The van der Waals surface area contributed by atoms with Crippen LogP contribution in [0.15, 0.2) is 0 Å². The summed E-state index contributed by atoms with van der Waals surface area (Å²) in [7, 11) is 0. The highest BCUT2D eigenvalue weighted by Gasteiger charge is 2.15. The average Bonchev–Trinajstić information content (AvgIpc) is 2.37. The monoisotopic (exact) mass is 295 g/mol. The van der Waals surface area contributed by atoms with Gasteiger partial charge in [0.05, 0.1) is 38.6 Å². The summed E-state index contributed by atoms with van der Waals surface area (Å²) < 4.78 is 10.7. The number of rotatable bonds is 12. The van der Waals surface area contributed by atoms with Gasteiger partial charge in [-0.05, 0) is 27.0 Å². The van der Waals surface area contributed by atoms with E-state index in [-0.39, 0.29) is 24.0 Å². The molecular formula is C13H29NO4S. The summed E-state index contributed by atoms with van der Waals surface area (Å²) in [6, 6.07) is 0.152. The molecule has 0 aromatic rings. The van der Waals surface area contributed by atoms with Gasteiger partial charge in [0.15, 0.2) is 0 Å². The van der Waals surface area contributed by atoms with Gasteiger partial charge in [0.1, 0.15) is 0 Å². The normalized spacial score (nSPS) is 16.6. The first kappa shape index (κ1) is 19.1. The largest absolute Gasteiger partial charge is 0.395 e. The molecule has 0 fully saturated rings. The van der Waals surface area contributed by atoms with E-state index in [9.17, 15) is 5.11 Å². The molecule has 3 atom stereocenters. The van der Waals surface area contributed by atoms with Gasteiger partial charge >= 0.3 is 0 Å². The Labute approximate surface area is 121 Å². The van der Waals surface area contributed by atoms with Crippen molar-refractivity contribution in [1.82, 2.24) is 5.32 Å². The van der Waals surface area contributed by atoms with Crippen LogP contribution in [-0.4, -0.2) is 72.9 Å². The number of aliphatic hydroxyl groups is 2. The van der Waals surface area contributed by atoms with Crippen LogP contribution in [-0.2, 0) is 9.47 Å². The molecule has 0 radical (unpaired) electrons. The molecule has 0 heterocycles. The Morgan fingerprint density at radius 2 is 1.89 bits per heavy atom. The van der Waals surface area contributed by atoms with Crippen LogP contribution in [0.3, 0.4) is 0 Å². The molecular weight excluding hydrogens is 266 g/mol. The predicted octanol–water partition coefficient (Wildman–Crippen LogP) is 0.491. The quantitative estimate of drug-likeness (QED) is 0.455. The summed E-state index contributed by atoms with van der Waals surface area (Å²) in [5.41, 5.74) is 0. The van der Waals surface area contributed by atoms with E-state index in [4.69, 9.17) is 14.6 Å². The molecule has 3 unspecified atom stereocenters. The molecule has 0 aromatic heterocycles. The summed E-state index contributed by atoms with van der Waals surface area (Å²) in [6.07, 6.45) is 1.63. The molecule has 0 bridgehead atoms. The fraction of sp³-hybridized carbons (Fsp3) is 1.00. The first-order chi connectivity index (χ1) is 9.01. The molecule has 5 nitrogen and oxygen atoms in total. The van der Waals surface area contributed by atoms with Crippen molar-refractivity contribution in [3.63, 3.8) is 0 Å². The molecule has 19 heavy (non-hydrogen) atoms. The summed E-state index contributed by atoms with van der Waals surface area (Å²) in [5, 5.41) is 22.2. The zero-order valence-corrected chi connectivity index (χ0v) is 13.3. The summed E-state index contributed by atoms with van der Waals surface area (Å²) in [6.45, 7) is 7.89. The van der Waals surface area contributed by atoms with E-state index in [0.29, 0.717) is 26.4 Å². The third-order valence-corrected chi connectivity index (χ3v) is 3.87. The molecule has 3 N–H and O–H groups in total. The van der Waals surface area contributed by atoms with Crippen molar-refractivity contribution in [2.45, 2.75) is 44.3 Å². The first-order valence-corrected chi connectivity index (χ1v) is 8.04. The molecule has 0 spiro atoms. The molecule has 6 heteroatoms. The van der Waals surface area contributed by atoms with Gasteiger partial charge in [-0.15, -0.1) is 0 Å². The lowest BCUT2D eigenvalue weighted by atomic mass is 10.2. The first-order valence-electron chi connectivity index (χ1n) is 6.75. The Kier molecular flexibility index (Phi) is 12.0. The Morgan fingerprint density at radius 3 is 2.42 bits per heavy atom. The topological polar surface area (TPSA) is 71.0 Å². The third-order valence-electron chi connectivity index (χ3n) is 2.70. The zero-order valence-electron chi connectivity index (χ0n) is 12.5. The van der Waals surface area contributed by atoms with Crippen LogP contribution in [0.5, 0.6) is 0 Å². The van der Waals surface area contributed by atoms with Gasteiger partial charge in [-0.1, -0.05) is 0 Å². The Morgan fingerprint density at radius 1 is 1.21 bits per heavy atom. The van der Waals surface area contributed by atoms with Crippen molar-refractivity contribution in [3.8, 4) is 0 Å². The SMILES string of the molecule is CSC(CO)C(C)NCC(O)COCCOC(C)C. The van der Waals surface area contributed by atoms with Gasteiger partial charge in [-0.3, -0.25) is 0 Å². The highest BCUT2D eigenvalue weighted by atomic mass is 32.2. The number of nitrogens with one attached hydrogen (secondary N) is 1. The van der Waals surface area contributed by atoms with E-state index in [2.05, 4.69) is 5.32 Å². The Balaban J connectivity index is 3.55. The van der Waals surface area contributed by atoms with Crippen molar-refractivity contribution >= 4 is 11.8 Å². The fourth-order valence-corrected chi connectivity index (χ4v) is 2.16. The summed E-state index contributed by atoms with van der Waals surface area (Å²) >= 11 is 1.61. The number of aliphatic hydroxyl groups excluding tert-OH is 2. The van der Waals surface area contributed by atoms with E-state index in [1.807, 2.05) is 27.0 Å². The van der Waals surface area contributed by atoms with Gasteiger partial charge in [0.25, 0.3) is 0 Å². The number of hydrogen-bond donors (Lipinski definition) is 3. The predicted molar refractivity (Wildman–Crippen MR) is 79.8 cm³/mol. The van der Waals surface area contributed by atoms with E-state index < -0.39 is 6.10 Å². The second-order valence-electron chi connectivity index (χ2n) is 4.80. The molecule has 0 aliphatic heterocycles. The number of thioether (sulfide) groups is 1. The van der Waals surface area contributed by atoms with Crippen LogP contribution in [0, 0.1) is 0 Å². The third kappa shape index (κ3) is 10.6. The maximum Gasteiger partial charge on any atom is 0.0897 e. The van der Waals surface area contributed by atoms with Crippen molar-refractivity contribution in [2.75, 3.05) is 39.2 Å². The van der Waals surface area contributed by atoms with Gasteiger partial charge in [-0.2, -0.15) is 11.8 Å². The van der Waals surface area contributed by atoms with Crippen LogP contribution in [0.25, 0.3) is 0 Å². The minimum absolute atomic E-state index is 0.133. The number of hydrogen-bond acceptors (Lipinski definition) is 6. The molecule has 0 amide bonds. The lowest BCUT2D eigenvalue weighted by Gasteiger charge is -2.23. The minimum atomic E-state index is -0.539. The molecule has 0 saturated heterocycles. The molecule has 0 aliphatic rings. The molecule has 0 aromatic carbocycles. The second kappa shape index (κ2) is 11.9. The second-order valence-corrected chi connectivity index (χ2v) is 5.88. The van der Waals surface area contributed by atoms with E-state index in [1.54, 1.807) is 11.8 Å². The smallest absolute Gasteiger partial charge is 0.0897 e. The Bertz CT molecular complexity index is 203. The van der Waals surface area contributed by atoms with Crippen molar-refractivity contribution < 1.29 is 19.7 Å². The summed E-state index contributed by atoms with van der Waals surface area (Å²) in [4.78, 5) is 0. The Hall–Kier alpha value is 0.150. The lowest BCUT2D eigenvalue weighted by molar-refractivity contribution is -0.0105. The van der Waals surface area contributed by atoms with Crippen molar-refractivity contribution in [3.05, 3.63) is 0 Å².